The summed E-state index contributed by atoms with van der Waals surface area (Å²) in [6.07, 6.45) is 2.43. The Morgan fingerprint density at radius 3 is 2.26 bits per heavy atom. The summed E-state index contributed by atoms with van der Waals surface area (Å²) in [4.78, 5) is 15.6. The molecule has 2 heterocycles. The molecule has 0 saturated carbocycles. The lowest BCUT2D eigenvalue weighted by atomic mass is 10.1. The molecule has 0 atom stereocenters. The van der Waals surface area contributed by atoms with Gasteiger partial charge in [0, 0.05) is 24.7 Å². The number of hydrogen-bond donors (Lipinski definition) is 1. The summed E-state index contributed by atoms with van der Waals surface area (Å²) in [5.41, 5.74) is 2.48. The molecule has 0 aliphatic carbocycles. The van der Waals surface area contributed by atoms with Crippen molar-refractivity contribution in [2.45, 2.75) is 31.2 Å². The Morgan fingerprint density at radius 2 is 1.59 bits per heavy atom. The number of nitrogens with zero attached hydrogens (tertiary/aromatic N) is 3. The van der Waals surface area contributed by atoms with Crippen molar-refractivity contribution in [2.75, 3.05) is 18.0 Å². The van der Waals surface area contributed by atoms with E-state index in [9.17, 15) is 13.2 Å². The van der Waals surface area contributed by atoms with Crippen LogP contribution in [0, 0.1) is 0 Å². The van der Waals surface area contributed by atoms with Gasteiger partial charge in [0.15, 0.2) is 0 Å². The standard InChI is InChI=1S/C29H29ClN4O4S/c30-24-12-7-13-25(18-24)34-29(35)28(38-21-23-10-5-2-6-11-23)27(20-31-34)33-16-14-26(15-17-33)39(36,37)32-19-22-8-3-1-4-9-22/h1-13,18,20,26,32H,14-17,19,21H2. The summed E-state index contributed by atoms with van der Waals surface area (Å²) in [6.45, 7) is 1.35. The molecule has 1 fully saturated rings. The van der Waals surface area contributed by atoms with Crippen molar-refractivity contribution in [1.82, 2.24) is 14.5 Å². The van der Waals surface area contributed by atoms with Crippen LogP contribution in [0.3, 0.4) is 0 Å². The maximum absolute atomic E-state index is 13.6. The Labute approximate surface area is 232 Å². The number of hydrogen-bond acceptors (Lipinski definition) is 6. The van der Waals surface area contributed by atoms with Crippen molar-refractivity contribution in [1.29, 1.82) is 0 Å². The highest BCUT2D eigenvalue weighted by Crippen LogP contribution is 2.29. The number of nitrogens with one attached hydrogen (secondary N) is 1. The molecule has 202 valence electrons. The van der Waals surface area contributed by atoms with E-state index in [0.29, 0.717) is 42.3 Å². The molecule has 0 radical (unpaired) electrons. The predicted octanol–water partition coefficient (Wildman–Crippen LogP) is 4.55. The number of halogens is 1. The lowest BCUT2D eigenvalue weighted by Gasteiger charge is -2.33. The van der Waals surface area contributed by atoms with Crippen LogP contribution >= 0.6 is 11.6 Å². The third-order valence-electron chi connectivity index (χ3n) is 6.74. The van der Waals surface area contributed by atoms with Gasteiger partial charge in [-0.15, -0.1) is 0 Å². The van der Waals surface area contributed by atoms with E-state index in [2.05, 4.69) is 9.82 Å². The van der Waals surface area contributed by atoms with E-state index >= 15 is 0 Å². The molecule has 1 aromatic heterocycles. The Morgan fingerprint density at radius 1 is 0.923 bits per heavy atom. The van der Waals surface area contributed by atoms with Gasteiger partial charge < -0.3 is 9.64 Å². The van der Waals surface area contributed by atoms with Gasteiger partial charge in [-0.2, -0.15) is 9.78 Å². The molecule has 10 heteroatoms. The number of rotatable bonds is 9. The first-order chi connectivity index (χ1) is 18.9. The van der Waals surface area contributed by atoms with Crippen LogP contribution in [-0.2, 0) is 23.2 Å². The average molecular weight is 565 g/mol. The summed E-state index contributed by atoms with van der Waals surface area (Å²) in [7, 11) is -3.50. The van der Waals surface area contributed by atoms with Gasteiger partial charge in [0.2, 0.25) is 15.8 Å². The number of aromatic nitrogens is 2. The molecular weight excluding hydrogens is 536 g/mol. The fourth-order valence-corrected chi connectivity index (χ4v) is 6.24. The Kier molecular flexibility index (Phi) is 8.30. The molecule has 1 N–H and O–H groups in total. The zero-order chi connectivity index (χ0) is 27.2. The van der Waals surface area contributed by atoms with Crippen LogP contribution in [0.1, 0.15) is 24.0 Å². The highest BCUT2D eigenvalue weighted by molar-refractivity contribution is 7.90. The van der Waals surface area contributed by atoms with Gasteiger partial charge in [0.25, 0.3) is 0 Å². The second-order valence-corrected chi connectivity index (χ2v) is 11.8. The molecule has 4 aromatic rings. The maximum atomic E-state index is 13.6. The average Bonchev–Trinajstić information content (AvgIpc) is 2.96. The summed E-state index contributed by atoms with van der Waals surface area (Å²) < 4.78 is 36.1. The second kappa shape index (κ2) is 12.0. The molecular formula is C29H29ClN4O4S. The molecule has 0 bridgehead atoms. The molecule has 1 aliphatic rings. The van der Waals surface area contributed by atoms with Crippen molar-refractivity contribution in [3.63, 3.8) is 0 Å². The van der Waals surface area contributed by atoms with Crippen LogP contribution < -0.4 is 19.9 Å². The van der Waals surface area contributed by atoms with Gasteiger partial charge in [-0.25, -0.2) is 13.1 Å². The fraction of sp³-hybridized carbons (Fsp3) is 0.241. The van der Waals surface area contributed by atoms with Gasteiger partial charge in [-0.1, -0.05) is 78.3 Å². The Balaban J connectivity index is 1.36. The first-order valence-electron chi connectivity index (χ1n) is 12.7. The summed E-state index contributed by atoms with van der Waals surface area (Å²) in [5, 5.41) is 4.37. The van der Waals surface area contributed by atoms with E-state index in [1.165, 1.54) is 4.68 Å². The lowest BCUT2D eigenvalue weighted by molar-refractivity contribution is 0.299. The number of ether oxygens (including phenoxy) is 1. The molecule has 1 saturated heterocycles. The second-order valence-electron chi connectivity index (χ2n) is 9.37. The van der Waals surface area contributed by atoms with Crippen LogP contribution in [0.15, 0.2) is 95.9 Å². The number of anilines is 1. The zero-order valence-electron chi connectivity index (χ0n) is 21.2. The summed E-state index contributed by atoms with van der Waals surface area (Å²) in [6, 6.07) is 25.9. The topological polar surface area (TPSA) is 93.5 Å². The van der Waals surface area contributed by atoms with E-state index < -0.39 is 20.8 Å². The minimum absolute atomic E-state index is 0.164. The van der Waals surface area contributed by atoms with Crippen molar-refractivity contribution in [2.24, 2.45) is 0 Å². The van der Waals surface area contributed by atoms with Crippen LogP contribution in [0.2, 0.25) is 5.02 Å². The first kappa shape index (κ1) is 26.9. The third kappa shape index (κ3) is 6.50. The molecule has 39 heavy (non-hydrogen) atoms. The van der Waals surface area contributed by atoms with Crippen LogP contribution in [0.25, 0.3) is 5.69 Å². The number of benzene rings is 3. The number of piperidine rings is 1. The van der Waals surface area contributed by atoms with Gasteiger partial charge in [-0.05, 0) is 42.2 Å². The molecule has 1 aliphatic heterocycles. The van der Waals surface area contributed by atoms with E-state index in [-0.39, 0.29) is 18.9 Å². The van der Waals surface area contributed by atoms with Gasteiger partial charge >= 0.3 is 5.56 Å². The molecule has 5 rings (SSSR count). The van der Waals surface area contributed by atoms with Crippen molar-refractivity contribution >= 4 is 27.3 Å². The Bertz CT molecular complexity index is 1570. The number of sulfonamides is 1. The van der Waals surface area contributed by atoms with Gasteiger partial charge in [0.1, 0.15) is 12.3 Å². The highest BCUT2D eigenvalue weighted by atomic mass is 35.5. The largest absolute Gasteiger partial charge is 0.481 e. The smallest absolute Gasteiger partial charge is 0.316 e. The molecule has 8 nitrogen and oxygen atoms in total. The van der Waals surface area contributed by atoms with E-state index in [1.807, 2.05) is 65.6 Å². The van der Waals surface area contributed by atoms with Crippen molar-refractivity contribution < 1.29 is 13.2 Å². The normalized spacial score (nSPS) is 14.3. The molecule has 0 unspecified atom stereocenters. The maximum Gasteiger partial charge on any atom is 0.316 e. The van der Waals surface area contributed by atoms with E-state index in [0.717, 1.165) is 11.1 Å². The van der Waals surface area contributed by atoms with Crippen molar-refractivity contribution in [3.8, 4) is 11.4 Å². The lowest BCUT2D eigenvalue weighted by Crippen LogP contribution is -2.44. The fourth-order valence-electron chi connectivity index (χ4n) is 4.62. The summed E-state index contributed by atoms with van der Waals surface area (Å²) in [5.74, 6) is 0.164. The Hall–Kier alpha value is -3.66. The quantitative estimate of drug-likeness (QED) is 0.320. The molecule has 0 amide bonds. The SMILES string of the molecule is O=c1c(OCc2ccccc2)c(N2CCC(S(=O)(=O)NCc3ccccc3)CC2)cnn1-c1cccc(Cl)c1. The first-order valence-corrected chi connectivity index (χ1v) is 14.7. The molecule has 0 spiro atoms. The predicted molar refractivity (Wildman–Crippen MR) is 153 cm³/mol. The van der Waals surface area contributed by atoms with E-state index in [4.69, 9.17) is 16.3 Å². The van der Waals surface area contributed by atoms with Crippen LogP contribution in [0.4, 0.5) is 5.69 Å². The third-order valence-corrected chi connectivity index (χ3v) is 8.87. The van der Waals surface area contributed by atoms with E-state index in [1.54, 1.807) is 30.5 Å². The monoisotopic (exact) mass is 564 g/mol. The van der Waals surface area contributed by atoms with Crippen LogP contribution in [-0.4, -0.2) is 36.5 Å². The van der Waals surface area contributed by atoms with Crippen molar-refractivity contribution in [3.05, 3.63) is 118 Å². The van der Waals surface area contributed by atoms with Gasteiger partial charge in [-0.3, -0.25) is 4.79 Å². The molecule has 3 aromatic carbocycles. The summed E-state index contributed by atoms with van der Waals surface area (Å²) >= 11 is 6.15. The minimum Gasteiger partial charge on any atom is -0.481 e. The van der Waals surface area contributed by atoms with Crippen LogP contribution in [0.5, 0.6) is 5.75 Å². The van der Waals surface area contributed by atoms with Gasteiger partial charge in [0.05, 0.1) is 17.1 Å². The highest BCUT2D eigenvalue weighted by Gasteiger charge is 2.31. The minimum atomic E-state index is -3.50. The zero-order valence-corrected chi connectivity index (χ0v) is 22.8.